The number of amides is 1. The van der Waals surface area contributed by atoms with Gasteiger partial charge in [-0.3, -0.25) is 0 Å². The highest BCUT2D eigenvalue weighted by molar-refractivity contribution is 5.66. The lowest BCUT2D eigenvalue weighted by molar-refractivity contribution is 0.144. The van der Waals surface area contributed by atoms with Gasteiger partial charge in [0, 0.05) is 6.54 Å². The molecule has 0 rings (SSSR count). The van der Waals surface area contributed by atoms with Crippen LogP contribution in [0.15, 0.2) is 0 Å². The lowest BCUT2D eigenvalue weighted by Crippen LogP contribution is -2.25. The summed E-state index contributed by atoms with van der Waals surface area (Å²) in [5.74, 6) is 0. The van der Waals surface area contributed by atoms with Crippen molar-refractivity contribution < 1.29 is 14.6 Å². The molecule has 0 aromatic rings. The van der Waals surface area contributed by atoms with E-state index < -0.39 is 0 Å². The SMILES string of the molecule is CCCCOC(=O)NCCCCCC[O]. The molecule has 0 aliphatic rings. The van der Waals surface area contributed by atoms with E-state index in [0.29, 0.717) is 13.2 Å². The Kier molecular flexibility index (Phi) is 10.7. The van der Waals surface area contributed by atoms with Crippen molar-refractivity contribution in [2.24, 2.45) is 0 Å². The standard InChI is InChI=1S/C11H22NO3/c1-2-3-10-15-11(14)12-8-6-4-5-7-9-13/h2-10H2,1H3,(H,12,14). The number of nitrogens with one attached hydrogen (secondary N) is 1. The van der Waals surface area contributed by atoms with Crippen LogP contribution in [0.3, 0.4) is 0 Å². The molecule has 15 heavy (non-hydrogen) atoms. The normalized spacial score (nSPS) is 10.0. The van der Waals surface area contributed by atoms with Crippen molar-refractivity contribution in [3.63, 3.8) is 0 Å². The summed E-state index contributed by atoms with van der Waals surface area (Å²) < 4.78 is 4.91. The molecule has 0 unspecified atom stereocenters. The molecule has 0 aromatic heterocycles. The molecule has 0 spiro atoms. The lowest BCUT2D eigenvalue weighted by atomic mass is 10.2. The summed E-state index contributed by atoms with van der Waals surface area (Å²) >= 11 is 0. The number of alkyl carbamates (subject to hydrolysis) is 1. The summed E-state index contributed by atoms with van der Waals surface area (Å²) in [5, 5.41) is 12.8. The first kappa shape index (κ1) is 14.2. The number of hydrogen-bond donors (Lipinski definition) is 1. The summed E-state index contributed by atoms with van der Waals surface area (Å²) in [5.41, 5.74) is 0. The fourth-order valence-electron chi connectivity index (χ4n) is 1.13. The zero-order chi connectivity index (χ0) is 11.4. The zero-order valence-electron chi connectivity index (χ0n) is 9.59. The van der Waals surface area contributed by atoms with Gasteiger partial charge in [0.05, 0.1) is 13.2 Å². The summed E-state index contributed by atoms with van der Waals surface area (Å²) in [6.45, 7) is 3.20. The van der Waals surface area contributed by atoms with Crippen LogP contribution in [0, 0.1) is 0 Å². The summed E-state index contributed by atoms with van der Waals surface area (Å²) in [4.78, 5) is 11.0. The number of unbranched alkanes of at least 4 members (excludes halogenated alkanes) is 4. The van der Waals surface area contributed by atoms with E-state index in [4.69, 9.17) is 4.74 Å². The molecule has 0 heterocycles. The van der Waals surface area contributed by atoms with Crippen molar-refractivity contribution in [3.05, 3.63) is 0 Å². The maximum Gasteiger partial charge on any atom is 0.407 e. The fourth-order valence-corrected chi connectivity index (χ4v) is 1.13. The van der Waals surface area contributed by atoms with Crippen molar-refractivity contribution in [3.8, 4) is 0 Å². The Hall–Kier alpha value is -0.770. The largest absolute Gasteiger partial charge is 0.450 e. The molecule has 0 saturated heterocycles. The number of carbonyl (C=O) groups excluding carboxylic acids is 1. The molecule has 0 aromatic carbocycles. The van der Waals surface area contributed by atoms with Gasteiger partial charge in [0.25, 0.3) is 0 Å². The van der Waals surface area contributed by atoms with Crippen molar-refractivity contribution in [2.45, 2.75) is 45.4 Å². The van der Waals surface area contributed by atoms with E-state index >= 15 is 0 Å². The third-order valence-corrected chi connectivity index (χ3v) is 2.07. The molecule has 0 aliphatic heterocycles. The molecule has 0 aliphatic carbocycles. The van der Waals surface area contributed by atoms with Crippen molar-refractivity contribution in [2.75, 3.05) is 19.8 Å². The minimum Gasteiger partial charge on any atom is -0.450 e. The van der Waals surface area contributed by atoms with Crippen molar-refractivity contribution >= 4 is 6.09 Å². The molecule has 0 bridgehead atoms. The molecular weight excluding hydrogens is 194 g/mol. The minimum absolute atomic E-state index is 0.00644. The number of carbonyl (C=O) groups is 1. The Morgan fingerprint density at radius 3 is 2.53 bits per heavy atom. The molecule has 0 atom stereocenters. The van der Waals surface area contributed by atoms with Crippen LogP contribution < -0.4 is 5.32 Å². The third kappa shape index (κ3) is 11.2. The number of rotatable bonds is 9. The van der Waals surface area contributed by atoms with Gasteiger partial charge in [0.2, 0.25) is 0 Å². The maximum absolute atomic E-state index is 11.0. The maximum atomic E-state index is 11.0. The van der Waals surface area contributed by atoms with Gasteiger partial charge in [-0.25, -0.2) is 9.90 Å². The van der Waals surface area contributed by atoms with Crippen LogP contribution >= 0.6 is 0 Å². The van der Waals surface area contributed by atoms with Gasteiger partial charge in [-0.1, -0.05) is 26.2 Å². The van der Waals surface area contributed by atoms with E-state index in [1.807, 2.05) is 0 Å². The molecule has 1 amide bonds. The van der Waals surface area contributed by atoms with Crippen molar-refractivity contribution in [1.29, 1.82) is 0 Å². The van der Waals surface area contributed by atoms with E-state index in [1.54, 1.807) is 0 Å². The zero-order valence-corrected chi connectivity index (χ0v) is 9.59. The van der Waals surface area contributed by atoms with Crippen LogP contribution in [0.4, 0.5) is 4.79 Å². The lowest BCUT2D eigenvalue weighted by Gasteiger charge is -2.05. The molecule has 1 radical (unpaired) electrons. The van der Waals surface area contributed by atoms with Crippen molar-refractivity contribution in [1.82, 2.24) is 5.32 Å². The number of hydrogen-bond acceptors (Lipinski definition) is 2. The quantitative estimate of drug-likeness (QED) is 0.602. The minimum atomic E-state index is -0.327. The Bertz CT molecular complexity index is 151. The van der Waals surface area contributed by atoms with Crippen LogP contribution in [0.2, 0.25) is 0 Å². The first-order chi connectivity index (χ1) is 7.31. The molecule has 0 fully saturated rings. The van der Waals surface area contributed by atoms with Gasteiger partial charge in [-0.15, -0.1) is 0 Å². The summed E-state index contributed by atoms with van der Waals surface area (Å²) in [6, 6.07) is 0. The molecule has 4 heteroatoms. The summed E-state index contributed by atoms with van der Waals surface area (Å²) in [7, 11) is 0. The monoisotopic (exact) mass is 216 g/mol. The average molecular weight is 216 g/mol. The molecular formula is C11H22NO3. The predicted molar refractivity (Wildman–Crippen MR) is 58.3 cm³/mol. The molecule has 89 valence electrons. The Morgan fingerprint density at radius 2 is 1.87 bits per heavy atom. The van der Waals surface area contributed by atoms with E-state index in [2.05, 4.69) is 12.2 Å². The Morgan fingerprint density at radius 1 is 1.13 bits per heavy atom. The van der Waals surface area contributed by atoms with Gasteiger partial charge in [-0.05, 0) is 19.3 Å². The van der Waals surface area contributed by atoms with E-state index in [-0.39, 0.29) is 12.7 Å². The van der Waals surface area contributed by atoms with Crippen LogP contribution in [0.1, 0.15) is 45.4 Å². The van der Waals surface area contributed by atoms with Gasteiger partial charge in [0.15, 0.2) is 0 Å². The van der Waals surface area contributed by atoms with Gasteiger partial charge in [-0.2, -0.15) is 0 Å². The predicted octanol–water partition coefficient (Wildman–Crippen LogP) is 2.50. The van der Waals surface area contributed by atoms with Crippen LogP contribution in [0.5, 0.6) is 0 Å². The first-order valence-electron chi connectivity index (χ1n) is 5.80. The molecule has 0 saturated carbocycles. The van der Waals surface area contributed by atoms with Crippen LogP contribution in [-0.4, -0.2) is 25.9 Å². The van der Waals surface area contributed by atoms with Gasteiger partial charge >= 0.3 is 6.09 Å². The fraction of sp³-hybridized carbons (Fsp3) is 0.909. The Balaban J connectivity index is 3.10. The number of ether oxygens (including phenoxy) is 1. The second-order valence-corrected chi connectivity index (χ2v) is 3.53. The first-order valence-corrected chi connectivity index (χ1v) is 5.80. The van der Waals surface area contributed by atoms with Crippen LogP contribution in [-0.2, 0) is 9.84 Å². The third-order valence-electron chi connectivity index (χ3n) is 2.07. The highest BCUT2D eigenvalue weighted by atomic mass is 16.5. The smallest absolute Gasteiger partial charge is 0.407 e. The Labute approximate surface area is 92.0 Å². The second-order valence-electron chi connectivity index (χ2n) is 3.53. The summed E-state index contributed by atoms with van der Waals surface area (Å²) in [6.07, 6.45) is 5.23. The topological polar surface area (TPSA) is 58.2 Å². The average Bonchev–Trinajstić information content (AvgIpc) is 2.23. The molecule has 4 nitrogen and oxygen atoms in total. The highest BCUT2D eigenvalue weighted by Gasteiger charge is 1.99. The van der Waals surface area contributed by atoms with E-state index in [1.165, 1.54) is 0 Å². The second kappa shape index (κ2) is 11.3. The van der Waals surface area contributed by atoms with Gasteiger partial charge in [0.1, 0.15) is 0 Å². The van der Waals surface area contributed by atoms with E-state index in [0.717, 1.165) is 38.5 Å². The van der Waals surface area contributed by atoms with Gasteiger partial charge < -0.3 is 10.1 Å². The van der Waals surface area contributed by atoms with E-state index in [9.17, 15) is 9.90 Å². The molecule has 1 N–H and O–H groups in total. The highest BCUT2D eigenvalue weighted by Crippen LogP contribution is 1.97. The van der Waals surface area contributed by atoms with Crippen LogP contribution in [0.25, 0.3) is 0 Å².